The van der Waals surface area contributed by atoms with Gasteiger partial charge >= 0.3 is 0 Å². The molecular weight excluding hydrogens is 240 g/mol. The van der Waals surface area contributed by atoms with Crippen LogP contribution < -0.4 is 5.32 Å². The van der Waals surface area contributed by atoms with E-state index in [1.54, 1.807) is 0 Å². The van der Waals surface area contributed by atoms with E-state index in [1.165, 1.54) is 12.8 Å². The van der Waals surface area contributed by atoms with Gasteiger partial charge in [0.1, 0.15) is 12.1 Å². The molecule has 1 saturated heterocycles. The molecule has 0 spiro atoms. The standard InChI is InChI=1S/C15H26N2O2/c1-3-5-6-7-10-17-13(11-8-9-11)14(18)16-12(4-2)15(17)19/h11-13H,3-10H2,1-2H3,(H,16,18). The van der Waals surface area contributed by atoms with E-state index in [-0.39, 0.29) is 23.9 Å². The van der Waals surface area contributed by atoms with Gasteiger partial charge in [-0.3, -0.25) is 9.59 Å². The Labute approximate surface area is 115 Å². The summed E-state index contributed by atoms with van der Waals surface area (Å²) in [5.41, 5.74) is 0. The molecule has 19 heavy (non-hydrogen) atoms. The van der Waals surface area contributed by atoms with Crippen molar-refractivity contribution < 1.29 is 9.59 Å². The van der Waals surface area contributed by atoms with Crippen molar-refractivity contribution in [3.05, 3.63) is 0 Å². The lowest BCUT2D eigenvalue weighted by molar-refractivity contribution is -0.150. The third kappa shape index (κ3) is 3.28. The Morgan fingerprint density at radius 2 is 1.89 bits per heavy atom. The number of nitrogens with zero attached hydrogens (tertiary/aromatic N) is 1. The number of carbonyl (C=O) groups is 2. The van der Waals surface area contributed by atoms with Crippen LogP contribution in [0.15, 0.2) is 0 Å². The number of rotatable bonds is 7. The molecule has 1 aliphatic heterocycles. The number of amides is 2. The molecular formula is C15H26N2O2. The average molecular weight is 266 g/mol. The van der Waals surface area contributed by atoms with Gasteiger partial charge in [-0.05, 0) is 31.6 Å². The highest BCUT2D eigenvalue weighted by atomic mass is 16.2. The van der Waals surface area contributed by atoms with Gasteiger partial charge in [0, 0.05) is 6.54 Å². The van der Waals surface area contributed by atoms with Crippen LogP contribution in [0.5, 0.6) is 0 Å². The summed E-state index contributed by atoms with van der Waals surface area (Å²) in [7, 11) is 0. The molecule has 1 aliphatic carbocycles. The zero-order chi connectivity index (χ0) is 13.8. The minimum atomic E-state index is -0.298. The molecule has 4 nitrogen and oxygen atoms in total. The summed E-state index contributed by atoms with van der Waals surface area (Å²) in [6, 6.07) is -0.481. The highest BCUT2D eigenvalue weighted by Gasteiger charge is 2.46. The molecule has 0 bridgehead atoms. The van der Waals surface area contributed by atoms with Gasteiger partial charge in [0.15, 0.2) is 0 Å². The lowest BCUT2D eigenvalue weighted by Gasteiger charge is -2.39. The third-order valence-electron chi connectivity index (χ3n) is 4.23. The largest absolute Gasteiger partial charge is 0.343 e. The van der Waals surface area contributed by atoms with Crippen molar-refractivity contribution in [2.45, 2.75) is 70.9 Å². The van der Waals surface area contributed by atoms with Crippen molar-refractivity contribution in [3.63, 3.8) is 0 Å². The first kappa shape index (κ1) is 14.4. The van der Waals surface area contributed by atoms with Gasteiger partial charge in [-0.15, -0.1) is 0 Å². The number of piperazine rings is 1. The van der Waals surface area contributed by atoms with Crippen molar-refractivity contribution in [2.75, 3.05) is 6.54 Å². The van der Waals surface area contributed by atoms with Crippen molar-refractivity contribution in [3.8, 4) is 0 Å². The summed E-state index contributed by atoms with van der Waals surface area (Å²) in [5.74, 6) is 0.618. The van der Waals surface area contributed by atoms with Gasteiger partial charge in [-0.1, -0.05) is 33.1 Å². The molecule has 2 amide bonds. The maximum atomic E-state index is 12.4. The highest BCUT2D eigenvalue weighted by Crippen LogP contribution is 2.37. The molecule has 108 valence electrons. The molecule has 0 aromatic carbocycles. The number of carbonyl (C=O) groups excluding carboxylic acids is 2. The van der Waals surface area contributed by atoms with E-state index in [0.717, 1.165) is 32.2 Å². The van der Waals surface area contributed by atoms with Gasteiger partial charge in [0.2, 0.25) is 11.8 Å². The molecule has 2 fully saturated rings. The Hall–Kier alpha value is -1.06. The van der Waals surface area contributed by atoms with Crippen molar-refractivity contribution in [2.24, 2.45) is 5.92 Å². The third-order valence-corrected chi connectivity index (χ3v) is 4.23. The van der Waals surface area contributed by atoms with Crippen molar-refractivity contribution in [1.82, 2.24) is 10.2 Å². The van der Waals surface area contributed by atoms with Crippen LogP contribution in [0.25, 0.3) is 0 Å². The number of hydrogen-bond acceptors (Lipinski definition) is 2. The fraction of sp³-hybridized carbons (Fsp3) is 0.867. The van der Waals surface area contributed by atoms with Crippen LogP contribution in [0, 0.1) is 5.92 Å². The number of unbranched alkanes of at least 4 members (excludes halogenated alkanes) is 3. The summed E-state index contributed by atoms with van der Waals surface area (Å²) >= 11 is 0. The second kappa shape index (κ2) is 6.40. The van der Waals surface area contributed by atoms with Crippen molar-refractivity contribution >= 4 is 11.8 Å². The summed E-state index contributed by atoms with van der Waals surface area (Å²) in [6.07, 6.45) is 7.44. The van der Waals surface area contributed by atoms with Gasteiger partial charge < -0.3 is 10.2 Å². The molecule has 2 aliphatic rings. The van der Waals surface area contributed by atoms with Gasteiger partial charge in [-0.25, -0.2) is 0 Å². The quantitative estimate of drug-likeness (QED) is 0.717. The smallest absolute Gasteiger partial charge is 0.245 e. The van der Waals surface area contributed by atoms with Crippen LogP contribution in [-0.2, 0) is 9.59 Å². The Morgan fingerprint density at radius 3 is 2.47 bits per heavy atom. The van der Waals surface area contributed by atoms with E-state index in [1.807, 2.05) is 11.8 Å². The van der Waals surface area contributed by atoms with Crippen LogP contribution in [0.1, 0.15) is 58.8 Å². The van der Waals surface area contributed by atoms with Gasteiger partial charge in [0.05, 0.1) is 0 Å². The van der Waals surface area contributed by atoms with Crippen molar-refractivity contribution in [1.29, 1.82) is 0 Å². The second-order valence-electron chi connectivity index (χ2n) is 5.84. The minimum absolute atomic E-state index is 0.0736. The first-order valence-corrected chi connectivity index (χ1v) is 7.79. The van der Waals surface area contributed by atoms with E-state index in [4.69, 9.17) is 0 Å². The maximum Gasteiger partial charge on any atom is 0.245 e. The van der Waals surface area contributed by atoms with E-state index < -0.39 is 0 Å². The van der Waals surface area contributed by atoms with Gasteiger partial charge in [-0.2, -0.15) is 0 Å². The molecule has 0 aromatic heterocycles. The van der Waals surface area contributed by atoms with Crippen LogP contribution >= 0.6 is 0 Å². The molecule has 2 rings (SSSR count). The lowest BCUT2D eigenvalue weighted by Crippen LogP contribution is -2.64. The fourth-order valence-corrected chi connectivity index (χ4v) is 2.91. The molecule has 0 aromatic rings. The molecule has 1 heterocycles. The Bertz CT molecular complexity index is 339. The number of nitrogens with one attached hydrogen (secondary N) is 1. The summed E-state index contributed by atoms with van der Waals surface area (Å²) < 4.78 is 0. The van der Waals surface area contributed by atoms with E-state index >= 15 is 0 Å². The molecule has 0 radical (unpaired) electrons. The van der Waals surface area contributed by atoms with Crippen LogP contribution in [-0.4, -0.2) is 35.3 Å². The first-order chi connectivity index (χ1) is 9.19. The Kier molecular flexibility index (Phi) is 4.83. The summed E-state index contributed by atoms with van der Waals surface area (Å²) in [6.45, 7) is 4.89. The zero-order valence-electron chi connectivity index (χ0n) is 12.2. The fourth-order valence-electron chi connectivity index (χ4n) is 2.91. The second-order valence-corrected chi connectivity index (χ2v) is 5.84. The SMILES string of the molecule is CCCCCCN1C(=O)C(CC)NC(=O)C1C1CC1. The van der Waals surface area contributed by atoms with Gasteiger partial charge in [0.25, 0.3) is 0 Å². The zero-order valence-corrected chi connectivity index (χ0v) is 12.2. The van der Waals surface area contributed by atoms with E-state index in [2.05, 4.69) is 12.2 Å². The molecule has 1 saturated carbocycles. The first-order valence-electron chi connectivity index (χ1n) is 7.79. The molecule has 2 unspecified atom stereocenters. The molecule has 2 atom stereocenters. The monoisotopic (exact) mass is 266 g/mol. The normalized spacial score (nSPS) is 27.6. The Morgan fingerprint density at radius 1 is 1.16 bits per heavy atom. The maximum absolute atomic E-state index is 12.4. The predicted octanol–water partition coefficient (Wildman–Crippen LogP) is 2.08. The molecule has 1 N–H and O–H groups in total. The topological polar surface area (TPSA) is 49.4 Å². The average Bonchev–Trinajstić information content (AvgIpc) is 3.22. The summed E-state index contributed by atoms with van der Waals surface area (Å²) in [4.78, 5) is 26.5. The minimum Gasteiger partial charge on any atom is -0.343 e. The lowest BCUT2D eigenvalue weighted by atomic mass is 10.0. The molecule has 4 heteroatoms. The van der Waals surface area contributed by atoms with Crippen LogP contribution in [0.4, 0.5) is 0 Å². The number of hydrogen-bond donors (Lipinski definition) is 1. The van der Waals surface area contributed by atoms with E-state index in [0.29, 0.717) is 12.3 Å². The van der Waals surface area contributed by atoms with Crippen LogP contribution in [0.2, 0.25) is 0 Å². The highest BCUT2D eigenvalue weighted by molar-refractivity contribution is 5.97. The Balaban J connectivity index is 1.99. The summed E-state index contributed by atoms with van der Waals surface area (Å²) in [5, 5.41) is 2.89. The van der Waals surface area contributed by atoms with Crippen LogP contribution in [0.3, 0.4) is 0 Å². The van der Waals surface area contributed by atoms with E-state index in [9.17, 15) is 9.59 Å². The predicted molar refractivity (Wildman–Crippen MR) is 74.6 cm³/mol.